The highest BCUT2D eigenvalue weighted by Crippen LogP contribution is 2.27. The minimum absolute atomic E-state index is 0.0309. The van der Waals surface area contributed by atoms with E-state index in [0.29, 0.717) is 23.2 Å². The molecule has 4 rings (SSSR count). The van der Waals surface area contributed by atoms with Gasteiger partial charge >= 0.3 is 0 Å². The van der Waals surface area contributed by atoms with Gasteiger partial charge in [-0.3, -0.25) is 20.4 Å². The summed E-state index contributed by atoms with van der Waals surface area (Å²) in [5.74, 6) is -1.68. The summed E-state index contributed by atoms with van der Waals surface area (Å²) >= 11 is 1.10. The lowest BCUT2D eigenvalue weighted by Crippen LogP contribution is -2.41. The molecule has 1 fully saturated rings. The number of sulfonamides is 1. The number of fused-ring (bicyclic) bond motifs is 1. The summed E-state index contributed by atoms with van der Waals surface area (Å²) in [5.41, 5.74) is 4.65. The number of nitrogens with one attached hydrogen (secondary N) is 2. The maximum atomic E-state index is 13.8. The molecule has 0 atom stereocenters. The minimum atomic E-state index is -3.66. The SMILES string of the molecule is O=C(NNC(=O)c1cc2c(F)cccc2s1)c1cccc(S(=O)(=O)N2CCCC2)c1. The van der Waals surface area contributed by atoms with E-state index in [1.165, 1.54) is 40.7 Å². The molecule has 1 saturated heterocycles. The highest BCUT2D eigenvalue weighted by Gasteiger charge is 2.27. The molecule has 2 heterocycles. The molecule has 0 radical (unpaired) electrons. The van der Waals surface area contributed by atoms with Gasteiger partial charge in [0.15, 0.2) is 0 Å². The second-order valence-electron chi connectivity index (χ2n) is 6.81. The molecule has 2 amide bonds. The third-order valence-electron chi connectivity index (χ3n) is 4.82. The standard InChI is InChI=1S/C20H18FN3O4S2/c21-16-7-4-8-17-15(16)12-18(29-17)20(26)23-22-19(25)13-5-3-6-14(11-13)30(27,28)24-9-1-2-10-24/h3-8,11-12H,1-2,9-10H2,(H,22,25)(H,23,26). The second-order valence-corrected chi connectivity index (χ2v) is 9.83. The van der Waals surface area contributed by atoms with Crippen LogP contribution in [-0.4, -0.2) is 37.6 Å². The first-order chi connectivity index (χ1) is 14.4. The van der Waals surface area contributed by atoms with E-state index in [0.717, 1.165) is 24.2 Å². The van der Waals surface area contributed by atoms with E-state index in [4.69, 9.17) is 0 Å². The Morgan fingerprint density at radius 3 is 2.40 bits per heavy atom. The summed E-state index contributed by atoms with van der Waals surface area (Å²) in [6.45, 7) is 0.926. The Morgan fingerprint density at radius 2 is 1.67 bits per heavy atom. The first-order valence-electron chi connectivity index (χ1n) is 9.25. The normalized spacial score (nSPS) is 14.7. The number of benzene rings is 2. The smallest absolute Gasteiger partial charge is 0.267 e. The number of nitrogens with zero attached hydrogens (tertiary/aromatic N) is 1. The summed E-state index contributed by atoms with van der Waals surface area (Å²) in [5, 5.41) is 0.332. The molecule has 1 aromatic heterocycles. The summed E-state index contributed by atoms with van der Waals surface area (Å²) in [7, 11) is -3.66. The van der Waals surface area contributed by atoms with Gasteiger partial charge in [-0.05, 0) is 49.2 Å². The van der Waals surface area contributed by atoms with Crippen LogP contribution in [0, 0.1) is 5.82 Å². The average Bonchev–Trinajstić information content (AvgIpc) is 3.43. The first-order valence-corrected chi connectivity index (χ1v) is 11.5. The zero-order valence-electron chi connectivity index (χ0n) is 15.7. The molecular weight excluding hydrogens is 429 g/mol. The van der Waals surface area contributed by atoms with Crippen LogP contribution < -0.4 is 10.9 Å². The predicted octanol–water partition coefficient (Wildman–Crippen LogP) is 2.90. The Morgan fingerprint density at radius 1 is 0.967 bits per heavy atom. The van der Waals surface area contributed by atoms with E-state index in [9.17, 15) is 22.4 Å². The quantitative estimate of drug-likeness (QED) is 0.601. The molecule has 0 aliphatic carbocycles. The van der Waals surface area contributed by atoms with Crippen LogP contribution in [0.25, 0.3) is 10.1 Å². The highest BCUT2D eigenvalue weighted by molar-refractivity contribution is 7.89. The molecule has 156 valence electrons. The van der Waals surface area contributed by atoms with Crippen molar-refractivity contribution in [1.29, 1.82) is 0 Å². The molecule has 3 aromatic rings. The molecule has 1 aliphatic heterocycles. The fraction of sp³-hybridized carbons (Fsp3) is 0.200. The first kappa shape index (κ1) is 20.5. The van der Waals surface area contributed by atoms with Crippen LogP contribution in [0.2, 0.25) is 0 Å². The third kappa shape index (κ3) is 3.93. The topological polar surface area (TPSA) is 95.6 Å². The summed E-state index contributed by atoms with van der Waals surface area (Å²) in [4.78, 5) is 25.0. The number of carbonyl (C=O) groups excluding carboxylic acids is 2. The van der Waals surface area contributed by atoms with Crippen LogP contribution >= 0.6 is 11.3 Å². The molecule has 0 bridgehead atoms. The zero-order valence-corrected chi connectivity index (χ0v) is 17.4. The zero-order chi connectivity index (χ0) is 21.3. The van der Waals surface area contributed by atoms with Crippen molar-refractivity contribution in [2.45, 2.75) is 17.7 Å². The van der Waals surface area contributed by atoms with Gasteiger partial charge in [0, 0.05) is 28.7 Å². The maximum Gasteiger partial charge on any atom is 0.279 e. The van der Waals surface area contributed by atoms with Crippen molar-refractivity contribution in [3.05, 3.63) is 64.8 Å². The second kappa shape index (κ2) is 8.13. The van der Waals surface area contributed by atoms with E-state index in [2.05, 4.69) is 10.9 Å². The largest absolute Gasteiger partial charge is 0.279 e. The van der Waals surface area contributed by atoms with Crippen molar-refractivity contribution in [3.8, 4) is 0 Å². The molecule has 10 heteroatoms. The Kier molecular flexibility index (Phi) is 5.54. The van der Waals surface area contributed by atoms with Gasteiger partial charge in [0.25, 0.3) is 11.8 Å². The molecule has 0 spiro atoms. The predicted molar refractivity (Wildman–Crippen MR) is 111 cm³/mol. The van der Waals surface area contributed by atoms with Crippen LogP contribution in [0.1, 0.15) is 32.9 Å². The summed E-state index contributed by atoms with van der Waals surface area (Å²) < 4.78 is 41.1. The van der Waals surface area contributed by atoms with Gasteiger partial charge in [0.1, 0.15) is 5.82 Å². The van der Waals surface area contributed by atoms with E-state index in [1.54, 1.807) is 12.1 Å². The van der Waals surface area contributed by atoms with Crippen LogP contribution in [0.15, 0.2) is 53.4 Å². The van der Waals surface area contributed by atoms with Crippen LogP contribution in [0.5, 0.6) is 0 Å². The monoisotopic (exact) mass is 447 g/mol. The molecule has 1 aliphatic rings. The van der Waals surface area contributed by atoms with E-state index in [1.807, 2.05) is 0 Å². The third-order valence-corrected chi connectivity index (χ3v) is 7.81. The van der Waals surface area contributed by atoms with Crippen molar-refractivity contribution < 1.29 is 22.4 Å². The molecule has 0 unspecified atom stereocenters. The Bertz CT molecular complexity index is 1230. The van der Waals surface area contributed by atoms with Gasteiger partial charge in [-0.15, -0.1) is 11.3 Å². The average molecular weight is 448 g/mol. The lowest BCUT2D eigenvalue weighted by Gasteiger charge is -2.16. The number of halogens is 1. The lowest BCUT2D eigenvalue weighted by atomic mass is 10.2. The van der Waals surface area contributed by atoms with Gasteiger partial charge in [0.2, 0.25) is 10.0 Å². The van der Waals surface area contributed by atoms with E-state index < -0.39 is 27.7 Å². The molecule has 2 N–H and O–H groups in total. The van der Waals surface area contributed by atoms with Crippen LogP contribution in [0.3, 0.4) is 0 Å². The Labute approximate surface area is 176 Å². The Balaban J connectivity index is 1.46. The Hall–Kier alpha value is -2.82. The number of thiophene rings is 1. The maximum absolute atomic E-state index is 13.8. The van der Waals surface area contributed by atoms with Crippen molar-refractivity contribution in [1.82, 2.24) is 15.2 Å². The van der Waals surface area contributed by atoms with Crippen molar-refractivity contribution in [2.75, 3.05) is 13.1 Å². The van der Waals surface area contributed by atoms with Gasteiger partial charge in [-0.1, -0.05) is 12.1 Å². The number of hydrogen-bond donors (Lipinski definition) is 2. The number of amides is 2. The van der Waals surface area contributed by atoms with E-state index >= 15 is 0 Å². The summed E-state index contributed by atoms with van der Waals surface area (Å²) in [6.07, 6.45) is 1.63. The van der Waals surface area contributed by atoms with Crippen LogP contribution in [0.4, 0.5) is 4.39 Å². The van der Waals surface area contributed by atoms with Crippen LogP contribution in [-0.2, 0) is 10.0 Å². The highest BCUT2D eigenvalue weighted by atomic mass is 32.2. The molecular formula is C20H18FN3O4S2. The molecule has 7 nitrogen and oxygen atoms in total. The van der Waals surface area contributed by atoms with Gasteiger partial charge in [-0.2, -0.15) is 4.31 Å². The number of hydrogen-bond acceptors (Lipinski definition) is 5. The number of rotatable bonds is 4. The van der Waals surface area contributed by atoms with Crippen molar-refractivity contribution >= 4 is 43.3 Å². The fourth-order valence-electron chi connectivity index (χ4n) is 3.26. The lowest BCUT2D eigenvalue weighted by molar-refractivity contribution is 0.0849. The van der Waals surface area contributed by atoms with Gasteiger partial charge in [0.05, 0.1) is 9.77 Å². The summed E-state index contributed by atoms with van der Waals surface area (Å²) in [6, 6.07) is 11.6. The van der Waals surface area contributed by atoms with E-state index in [-0.39, 0.29) is 15.3 Å². The van der Waals surface area contributed by atoms with Gasteiger partial charge in [-0.25, -0.2) is 12.8 Å². The number of hydrazine groups is 1. The number of carbonyl (C=O) groups is 2. The van der Waals surface area contributed by atoms with Crippen molar-refractivity contribution in [3.63, 3.8) is 0 Å². The minimum Gasteiger partial charge on any atom is -0.267 e. The molecule has 2 aromatic carbocycles. The van der Waals surface area contributed by atoms with Gasteiger partial charge < -0.3 is 0 Å². The molecule has 30 heavy (non-hydrogen) atoms. The molecule has 0 saturated carbocycles. The fourth-order valence-corrected chi connectivity index (χ4v) is 5.79. The van der Waals surface area contributed by atoms with Crippen molar-refractivity contribution in [2.24, 2.45) is 0 Å².